The van der Waals surface area contributed by atoms with Gasteiger partial charge in [0.15, 0.2) is 0 Å². The number of benzene rings is 1. The Hall–Kier alpha value is -1.26. The molecule has 1 aliphatic carbocycles. The Kier molecular flexibility index (Phi) is 4.66. The molecule has 1 N–H and O–H groups in total. The van der Waals surface area contributed by atoms with Crippen molar-refractivity contribution < 1.29 is 14.6 Å². The van der Waals surface area contributed by atoms with Crippen LogP contribution in [-0.4, -0.2) is 42.2 Å². The van der Waals surface area contributed by atoms with Gasteiger partial charge in [-0.1, -0.05) is 11.6 Å². The van der Waals surface area contributed by atoms with E-state index in [2.05, 4.69) is 0 Å². The molecule has 0 atom stereocenters. The largest absolute Gasteiger partial charge is 0.496 e. The van der Waals surface area contributed by atoms with Gasteiger partial charge in [-0.2, -0.15) is 0 Å². The minimum atomic E-state index is -0.00504. The first-order valence-electron chi connectivity index (χ1n) is 6.38. The molecule has 0 saturated heterocycles. The molecule has 0 spiro atoms. The Labute approximate surface area is 117 Å². The highest BCUT2D eigenvalue weighted by molar-refractivity contribution is 6.30. The number of carbonyl (C=O) groups is 1. The highest BCUT2D eigenvalue weighted by Gasteiger charge is 2.32. The van der Waals surface area contributed by atoms with Gasteiger partial charge in [0.25, 0.3) is 0 Å². The van der Waals surface area contributed by atoms with E-state index in [9.17, 15) is 4.79 Å². The zero-order valence-electron chi connectivity index (χ0n) is 10.9. The smallest absolute Gasteiger partial charge is 0.227 e. The van der Waals surface area contributed by atoms with E-state index in [0.717, 1.165) is 18.4 Å². The van der Waals surface area contributed by atoms with Crippen LogP contribution in [0.1, 0.15) is 18.4 Å². The van der Waals surface area contributed by atoms with Crippen LogP contribution in [0, 0.1) is 0 Å². The molecular formula is C14H18ClNO3. The number of nitrogens with zero attached hydrogens (tertiary/aromatic N) is 1. The van der Waals surface area contributed by atoms with Crippen molar-refractivity contribution in [3.05, 3.63) is 28.8 Å². The molecule has 19 heavy (non-hydrogen) atoms. The molecule has 5 heteroatoms. The summed E-state index contributed by atoms with van der Waals surface area (Å²) in [6.45, 7) is 0.390. The summed E-state index contributed by atoms with van der Waals surface area (Å²) in [5.41, 5.74) is 0.781. The normalized spacial score (nSPS) is 14.3. The van der Waals surface area contributed by atoms with Crippen molar-refractivity contribution in [1.82, 2.24) is 4.90 Å². The molecule has 0 heterocycles. The van der Waals surface area contributed by atoms with E-state index in [1.54, 1.807) is 30.2 Å². The van der Waals surface area contributed by atoms with Gasteiger partial charge in [0, 0.05) is 23.2 Å². The fourth-order valence-corrected chi connectivity index (χ4v) is 2.35. The summed E-state index contributed by atoms with van der Waals surface area (Å²) in [5.74, 6) is 0.676. The summed E-state index contributed by atoms with van der Waals surface area (Å²) >= 11 is 5.95. The predicted octanol–water partition coefficient (Wildman–Crippen LogP) is 1.87. The van der Waals surface area contributed by atoms with E-state index >= 15 is 0 Å². The van der Waals surface area contributed by atoms with Gasteiger partial charge in [-0.3, -0.25) is 4.79 Å². The Morgan fingerprint density at radius 3 is 2.84 bits per heavy atom. The van der Waals surface area contributed by atoms with Crippen LogP contribution >= 0.6 is 11.6 Å². The van der Waals surface area contributed by atoms with Gasteiger partial charge >= 0.3 is 0 Å². The van der Waals surface area contributed by atoms with Crippen LogP contribution < -0.4 is 4.74 Å². The van der Waals surface area contributed by atoms with Crippen LogP contribution in [0.4, 0.5) is 0 Å². The van der Waals surface area contributed by atoms with Crippen molar-refractivity contribution in [2.75, 3.05) is 20.3 Å². The SMILES string of the molecule is COc1ccc(Cl)cc1CC(=O)N(CCO)C1CC1. The molecule has 2 rings (SSSR count). The minimum Gasteiger partial charge on any atom is -0.496 e. The van der Waals surface area contributed by atoms with Gasteiger partial charge in [-0.05, 0) is 31.0 Å². The van der Waals surface area contributed by atoms with Crippen molar-refractivity contribution in [2.45, 2.75) is 25.3 Å². The van der Waals surface area contributed by atoms with Crippen molar-refractivity contribution >= 4 is 17.5 Å². The second-order valence-corrected chi connectivity index (χ2v) is 5.11. The third kappa shape index (κ3) is 3.61. The molecule has 0 aromatic heterocycles. The van der Waals surface area contributed by atoms with Gasteiger partial charge in [0.1, 0.15) is 5.75 Å². The lowest BCUT2D eigenvalue weighted by molar-refractivity contribution is -0.131. The monoisotopic (exact) mass is 283 g/mol. The summed E-state index contributed by atoms with van der Waals surface area (Å²) < 4.78 is 5.24. The third-order valence-electron chi connectivity index (χ3n) is 3.23. The van der Waals surface area contributed by atoms with Crippen LogP contribution in [0.2, 0.25) is 5.02 Å². The van der Waals surface area contributed by atoms with E-state index in [1.165, 1.54) is 0 Å². The van der Waals surface area contributed by atoms with E-state index in [4.69, 9.17) is 21.4 Å². The Morgan fingerprint density at radius 1 is 1.53 bits per heavy atom. The topological polar surface area (TPSA) is 49.8 Å². The van der Waals surface area contributed by atoms with E-state index in [0.29, 0.717) is 23.4 Å². The summed E-state index contributed by atoms with van der Waals surface area (Å²) in [7, 11) is 1.57. The number of aliphatic hydroxyl groups is 1. The number of methoxy groups -OCH3 is 1. The number of carbonyl (C=O) groups excluding carboxylic acids is 1. The molecule has 0 aliphatic heterocycles. The Bertz CT molecular complexity index is 460. The number of hydrogen-bond acceptors (Lipinski definition) is 3. The molecule has 1 aliphatic rings. The van der Waals surface area contributed by atoms with Crippen molar-refractivity contribution in [1.29, 1.82) is 0 Å². The molecule has 1 amide bonds. The van der Waals surface area contributed by atoms with Gasteiger partial charge in [0.2, 0.25) is 5.91 Å². The standard InChI is InChI=1S/C14H18ClNO3/c1-19-13-5-2-11(15)8-10(13)9-14(18)16(6-7-17)12-3-4-12/h2,5,8,12,17H,3-4,6-7,9H2,1H3. The van der Waals surface area contributed by atoms with Crippen molar-refractivity contribution in [3.63, 3.8) is 0 Å². The van der Waals surface area contributed by atoms with Gasteiger partial charge in [-0.15, -0.1) is 0 Å². The first kappa shape index (κ1) is 14.2. The Balaban J connectivity index is 2.10. The number of halogens is 1. The number of rotatable bonds is 6. The number of hydrogen-bond donors (Lipinski definition) is 1. The fourth-order valence-electron chi connectivity index (χ4n) is 2.15. The first-order valence-corrected chi connectivity index (χ1v) is 6.76. The summed E-state index contributed by atoms with van der Waals surface area (Å²) in [4.78, 5) is 14.0. The van der Waals surface area contributed by atoms with Gasteiger partial charge < -0.3 is 14.7 Å². The second kappa shape index (κ2) is 6.26. The Morgan fingerprint density at radius 2 is 2.26 bits per heavy atom. The molecule has 0 radical (unpaired) electrons. The molecular weight excluding hydrogens is 266 g/mol. The summed E-state index contributed by atoms with van der Waals surface area (Å²) in [6, 6.07) is 5.55. The summed E-state index contributed by atoms with van der Waals surface area (Å²) in [5, 5.41) is 9.62. The quantitative estimate of drug-likeness (QED) is 0.867. The summed E-state index contributed by atoms with van der Waals surface area (Å²) in [6.07, 6.45) is 2.30. The number of aliphatic hydroxyl groups excluding tert-OH is 1. The maximum Gasteiger partial charge on any atom is 0.227 e. The molecule has 1 fully saturated rings. The van der Waals surface area contributed by atoms with E-state index in [-0.39, 0.29) is 18.9 Å². The molecule has 4 nitrogen and oxygen atoms in total. The van der Waals surface area contributed by atoms with Crippen molar-refractivity contribution in [2.24, 2.45) is 0 Å². The highest BCUT2D eigenvalue weighted by atomic mass is 35.5. The molecule has 104 valence electrons. The minimum absolute atomic E-state index is 0.00504. The zero-order chi connectivity index (χ0) is 13.8. The third-order valence-corrected chi connectivity index (χ3v) is 3.47. The molecule has 0 bridgehead atoms. The van der Waals surface area contributed by atoms with Crippen LogP contribution in [0.25, 0.3) is 0 Å². The fraction of sp³-hybridized carbons (Fsp3) is 0.500. The van der Waals surface area contributed by atoms with Gasteiger partial charge in [0.05, 0.1) is 20.1 Å². The van der Waals surface area contributed by atoms with Crippen LogP contribution in [-0.2, 0) is 11.2 Å². The highest BCUT2D eigenvalue weighted by Crippen LogP contribution is 2.29. The zero-order valence-corrected chi connectivity index (χ0v) is 11.7. The van der Waals surface area contributed by atoms with Crippen LogP contribution in [0.5, 0.6) is 5.75 Å². The lowest BCUT2D eigenvalue weighted by Gasteiger charge is -2.22. The maximum atomic E-state index is 12.3. The average molecular weight is 284 g/mol. The lowest BCUT2D eigenvalue weighted by atomic mass is 10.1. The number of ether oxygens (including phenoxy) is 1. The second-order valence-electron chi connectivity index (χ2n) is 4.67. The molecule has 1 aromatic rings. The maximum absolute atomic E-state index is 12.3. The van der Waals surface area contributed by atoms with Crippen LogP contribution in [0.3, 0.4) is 0 Å². The van der Waals surface area contributed by atoms with E-state index < -0.39 is 0 Å². The molecule has 1 saturated carbocycles. The van der Waals surface area contributed by atoms with E-state index in [1.807, 2.05) is 0 Å². The van der Waals surface area contributed by atoms with Gasteiger partial charge in [-0.25, -0.2) is 0 Å². The number of amides is 1. The first-order chi connectivity index (χ1) is 9.15. The average Bonchev–Trinajstić information content (AvgIpc) is 3.20. The van der Waals surface area contributed by atoms with Crippen molar-refractivity contribution in [3.8, 4) is 5.75 Å². The molecule has 1 aromatic carbocycles. The predicted molar refractivity (Wildman–Crippen MR) is 73.5 cm³/mol. The molecule has 0 unspecified atom stereocenters. The van der Waals surface area contributed by atoms with Crippen LogP contribution in [0.15, 0.2) is 18.2 Å². The lowest BCUT2D eigenvalue weighted by Crippen LogP contribution is -2.36.